The van der Waals surface area contributed by atoms with E-state index in [9.17, 15) is 4.79 Å². The second-order valence-corrected chi connectivity index (χ2v) is 5.61. The lowest BCUT2D eigenvalue weighted by Gasteiger charge is -2.10. The maximum Gasteiger partial charge on any atom is 0.237 e. The van der Waals surface area contributed by atoms with Crippen molar-refractivity contribution in [3.63, 3.8) is 0 Å². The molecule has 2 aromatic heterocycles. The van der Waals surface area contributed by atoms with Crippen LogP contribution in [0.4, 0.5) is 0 Å². The molecule has 0 amide bonds. The Kier molecular flexibility index (Phi) is 4.05. The smallest absolute Gasteiger partial charge is 0.237 e. The molecule has 0 aliphatic rings. The lowest BCUT2D eigenvalue weighted by molar-refractivity contribution is 0.103. The molecule has 0 N–H and O–H groups in total. The van der Waals surface area contributed by atoms with Gasteiger partial charge in [0, 0.05) is 28.0 Å². The zero-order valence-corrected chi connectivity index (χ0v) is 13.9. The Hall–Kier alpha value is -2.40. The third-order valence-electron chi connectivity index (χ3n) is 3.83. The molecule has 5 nitrogen and oxygen atoms in total. The normalized spacial score (nSPS) is 11.0. The lowest BCUT2D eigenvalue weighted by atomic mass is 10.1. The molecule has 118 valence electrons. The Morgan fingerprint density at radius 3 is 2.57 bits per heavy atom. The highest BCUT2D eigenvalue weighted by Crippen LogP contribution is 2.23. The third-order valence-corrected chi connectivity index (χ3v) is 4.08. The number of imidazole rings is 1. The summed E-state index contributed by atoms with van der Waals surface area (Å²) in [5.41, 5.74) is 2.86. The van der Waals surface area contributed by atoms with Gasteiger partial charge in [-0.15, -0.1) is 0 Å². The number of nitrogens with zero attached hydrogens (tertiary/aromatic N) is 3. The van der Waals surface area contributed by atoms with Gasteiger partial charge >= 0.3 is 0 Å². The number of halogens is 1. The number of ketones is 1. The van der Waals surface area contributed by atoms with E-state index < -0.39 is 0 Å². The molecule has 0 atom stereocenters. The fourth-order valence-corrected chi connectivity index (χ4v) is 2.72. The summed E-state index contributed by atoms with van der Waals surface area (Å²) in [4.78, 5) is 21.3. The molecule has 2 heterocycles. The minimum Gasteiger partial charge on any atom is -0.481 e. The average Bonchev–Trinajstić information content (AvgIpc) is 2.99. The molecule has 23 heavy (non-hydrogen) atoms. The Morgan fingerprint density at radius 2 is 1.96 bits per heavy atom. The number of methoxy groups -OCH3 is 1. The topological polar surface area (TPSA) is 56.5 Å². The van der Waals surface area contributed by atoms with E-state index in [0.29, 0.717) is 27.9 Å². The number of hydrogen-bond donors (Lipinski definition) is 0. The van der Waals surface area contributed by atoms with E-state index in [1.165, 1.54) is 0 Å². The van der Waals surface area contributed by atoms with Crippen molar-refractivity contribution in [1.29, 1.82) is 0 Å². The maximum absolute atomic E-state index is 12.6. The van der Waals surface area contributed by atoms with Crippen molar-refractivity contribution in [2.24, 2.45) is 0 Å². The summed E-state index contributed by atoms with van der Waals surface area (Å²) in [5.74, 6) is 0.839. The highest BCUT2D eigenvalue weighted by Gasteiger charge is 2.18. The summed E-state index contributed by atoms with van der Waals surface area (Å²) in [5, 5.41) is 0.589. The van der Waals surface area contributed by atoms with Crippen molar-refractivity contribution < 1.29 is 9.53 Å². The summed E-state index contributed by atoms with van der Waals surface area (Å²) in [6.07, 6.45) is 2.50. The van der Waals surface area contributed by atoms with Crippen LogP contribution >= 0.6 is 11.6 Å². The number of aromatic nitrogens is 3. The number of hydrogen-bond acceptors (Lipinski definition) is 4. The van der Waals surface area contributed by atoms with Gasteiger partial charge in [0.05, 0.1) is 7.11 Å². The van der Waals surface area contributed by atoms with Crippen LogP contribution in [0.1, 0.15) is 34.2 Å². The first kappa shape index (κ1) is 15.5. The first-order chi connectivity index (χ1) is 11.0. The number of ether oxygens (including phenoxy) is 1. The summed E-state index contributed by atoms with van der Waals surface area (Å²) in [6.45, 7) is 4.00. The highest BCUT2D eigenvalue weighted by atomic mass is 35.5. The van der Waals surface area contributed by atoms with Crippen LogP contribution < -0.4 is 4.74 Å². The molecule has 3 rings (SSSR count). The second kappa shape index (κ2) is 6.01. The van der Waals surface area contributed by atoms with Gasteiger partial charge < -0.3 is 4.74 Å². The minimum atomic E-state index is -0.163. The van der Waals surface area contributed by atoms with Crippen molar-refractivity contribution in [1.82, 2.24) is 14.4 Å². The molecule has 3 aromatic rings. The van der Waals surface area contributed by atoms with Crippen molar-refractivity contribution in [2.45, 2.75) is 20.3 Å². The molecule has 0 saturated heterocycles. The number of carbonyl (C=O) groups excluding carboxylic acids is 1. The van der Waals surface area contributed by atoms with Gasteiger partial charge in [-0.3, -0.25) is 9.20 Å². The van der Waals surface area contributed by atoms with Gasteiger partial charge in [-0.1, -0.05) is 18.5 Å². The van der Waals surface area contributed by atoms with E-state index in [1.807, 2.05) is 18.2 Å². The molecular formula is C17H16ClN3O2. The van der Waals surface area contributed by atoms with Crippen LogP contribution in [0.2, 0.25) is 5.02 Å². The van der Waals surface area contributed by atoms with Crippen LogP contribution in [0, 0.1) is 6.92 Å². The lowest BCUT2D eigenvalue weighted by Crippen LogP contribution is -2.03. The Labute approximate surface area is 138 Å². The number of benzene rings is 1. The van der Waals surface area contributed by atoms with E-state index in [4.69, 9.17) is 16.3 Å². The molecule has 0 unspecified atom stereocenters. The molecule has 0 radical (unpaired) electrons. The summed E-state index contributed by atoms with van der Waals surface area (Å²) >= 11 is 5.86. The molecule has 6 heteroatoms. The zero-order valence-electron chi connectivity index (χ0n) is 13.1. The standard InChI is InChI=1S/C17H16ClN3O2/c1-4-13-10(2)21-9-14(19-17(21)20-16(13)23-3)15(22)11-5-7-12(18)8-6-11/h5-9H,4H2,1-3H3. The molecule has 0 aliphatic carbocycles. The zero-order chi connectivity index (χ0) is 16.6. The highest BCUT2D eigenvalue weighted by molar-refractivity contribution is 6.30. The quantitative estimate of drug-likeness (QED) is 0.687. The van der Waals surface area contributed by atoms with E-state index >= 15 is 0 Å². The van der Waals surface area contributed by atoms with Crippen LogP contribution in [0.15, 0.2) is 30.5 Å². The number of carbonyl (C=O) groups is 1. The molecule has 1 aromatic carbocycles. The molecule has 0 saturated carbocycles. The minimum absolute atomic E-state index is 0.163. The van der Waals surface area contributed by atoms with Crippen molar-refractivity contribution in [3.05, 3.63) is 58.0 Å². The van der Waals surface area contributed by atoms with Crippen LogP contribution in [-0.2, 0) is 6.42 Å². The SMILES string of the molecule is CCc1c(OC)nc2nc(C(=O)c3ccc(Cl)cc3)cn2c1C. The van der Waals surface area contributed by atoms with Crippen molar-refractivity contribution in [3.8, 4) is 5.88 Å². The number of rotatable bonds is 4. The number of aryl methyl sites for hydroxylation is 1. The molecule has 0 bridgehead atoms. The van der Waals surface area contributed by atoms with Crippen LogP contribution in [-0.4, -0.2) is 27.3 Å². The summed E-state index contributed by atoms with van der Waals surface area (Å²) < 4.78 is 7.15. The molecule has 0 fully saturated rings. The van der Waals surface area contributed by atoms with Gasteiger partial charge in [0.25, 0.3) is 0 Å². The molecule has 0 aliphatic heterocycles. The van der Waals surface area contributed by atoms with Crippen molar-refractivity contribution in [2.75, 3.05) is 7.11 Å². The third kappa shape index (κ3) is 2.68. The summed E-state index contributed by atoms with van der Waals surface area (Å²) in [7, 11) is 1.58. The Balaban J connectivity index is 2.11. The first-order valence-electron chi connectivity index (χ1n) is 7.28. The Bertz CT molecular complexity index is 885. The molecular weight excluding hydrogens is 314 g/mol. The predicted molar refractivity (Wildman–Crippen MR) is 88.5 cm³/mol. The number of fused-ring (bicyclic) bond motifs is 1. The van der Waals surface area contributed by atoms with Gasteiger partial charge in [-0.2, -0.15) is 4.98 Å². The van der Waals surface area contributed by atoms with E-state index in [0.717, 1.165) is 17.7 Å². The van der Waals surface area contributed by atoms with Crippen molar-refractivity contribution >= 4 is 23.2 Å². The average molecular weight is 330 g/mol. The maximum atomic E-state index is 12.6. The monoisotopic (exact) mass is 329 g/mol. The van der Waals surface area contributed by atoms with Crippen LogP contribution in [0.5, 0.6) is 5.88 Å². The van der Waals surface area contributed by atoms with E-state index in [1.54, 1.807) is 37.6 Å². The van der Waals surface area contributed by atoms with Crippen LogP contribution in [0.25, 0.3) is 5.78 Å². The van der Waals surface area contributed by atoms with E-state index in [2.05, 4.69) is 9.97 Å². The predicted octanol–water partition coefficient (Wildman–Crippen LogP) is 3.49. The molecule has 0 spiro atoms. The van der Waals surface area contributed by atoms with Gasteiger partial charge in [-0.05, 0) is 37.6 Å². The van der Waals surface area contributed by atoms with E-state index in [-0.39, 0.29) is 5.78 Å². The van der Waals surface area contributed by atoms with Gasteiger partial charge in [-0.25, -0.2) is 4.98 Å². The van der Waals surface area contributed by atoms with Crippen LogP contribution in [0.3, 0.4) is 0 Å². The fourth-order valence-electron chi connectivity index (χ4n) is 2.59. The largest absolute Gasteiger partial charge is 0.481 e. The Morgan fingerprint density at radius 1 is 1.26 bits per heavy atom. The first-order valence-corrected chi connectivity index (χ1v) is 7.65. The van der Waals surface area contributed by atoms with Gasteiger partial charge in [0.2, 0.25) is 17.4 Å². The van der Waals surface area contributed by atoms with Gasteiger partial charge in [0.1, 0.15) is 5.69 Å². The fraction of sp³-hybridized carbons (Fsp3) is 0.235. The second-order valence-electron chi connectivity index (χ2n) is 5.17. The van der Waals surface area contributed by atoms with Gasteiger partial charge in [0.15, 0.2) is 0 Å². The summed E-state index contributed by atoms with van der Waals surface area (Å²) in [6, 6.07) is 6.75.